The number of carbonyl (C=O) groups excluding carboxylic acids is 1. The molecule has 3 heterocycles. The lowest BCUT2D eigenvalue weighted by atomic mass is 10.0. The zero-order valence-electron chi connectivity index (χ0n) is 16.5. The number of hydrogen-bond donors (Lipinski definition) is 0. The van der Waals surface area contributed by atoms with Crippen LogP contribution < -0.4 is 0 Å². The highest BCUT2D eigenvalue weighted by molar-refractivity contribution is 5.68. The van der Waals surface area contributed by atoms with Crippen LogP contribution in [0.5, 0.6) is 0 Å². The van der Waals surface area contributed by atoms with Crippen LogP contribution in [0.3, 0.4) is 0 Å². The van der Waals surface area contributed by atoms with Gasteiger partial charge in [0.05, 0.1) is 24.4 Å². The molecule has 2 aliphatic rings. The van der Waals surface area contributed by atoms with Gasteiger partial charge in [0.2, 0.25) is 0 Å². The Hall–Kier alpha value is -2.52. The SMILES string of the molecule is CC(C)(C)OC(=O)N1CCN2CC(c3cccc(-n4cnnn4)c3)OCC2C1. The van der Waals surface area contributed by atoms with Crippen molar-refractivity contribution in [3.63, 3.8) is 0 Å². The molecule has 0 saturated carbocycles. The Morgan fingerprint density at radius 1 is 1.25 bits per heavy atom. The van der Waals surface area contributed by atoms with Crippen LogP contribution in [0.2, 0.25) is 0 Å². The highest BCUT2D eigenvalue weighted by atomic mass is 16.6. The molecule has 2 aromatic rings. The fourth-order valence-electron chi connectivity index (χ4n) is 3.63. The fourth-order valence-corrected chi connectivity index (χ4v) is 3.63. The smallest absolute Gasteiger partial charge is 0.410 e. The Kier molecular flexibility index (Phi) is 5.03. The average molecular weight is 386 g/mol. The molecule has 28 heavy (non-hydrogen) atoms. The van der Waals surface area contributed by atoms with Crippen LogP contribution in [0, 0.1) is 0 Å². The van der Waals surface area contributed by atoms with E-state index in [0.29, 0.717) is 19.7 Å². The first kappa shape index (κ1) is 18.8. The summed E-state index contributed by atoms with van der Waals surface area (Å²) in [6.07, 6.45) is 1.32. The Balaban J connectivity index is 1.39. The van der Waals surface area contributed by atoms with Gasteiger partial charge in [-0.05, 0) is 48.9 Å². The molecular weight excluding hydrogens is 360 g/mol. The molecule has 0 aliphatic carbocycles. The number of benzene rings is 1. The summed E-state index contributed by atoms with van der Waals surface area (Å²) in [7, 11) is 0. The van der Waals surface area contributed by atoms with Gasteiger partial charge in [0, 0.05) is 26.2 Å². The van der Waals surface area contributed by atoms with Crippen molar-refractivity contribution in [2.45, 2.75) is 38.5 Å². The molecule has 9 heteroatoms. The molecule has 2 fully saturated rings. The van der Waals surface area contributed by atoms with Crippen molar-refractivity contribution in [3.05, 3.63) is 36.2 Å². The maximum atomic E-state index is 12.3. The van der Waals surface area contributed by atoms with Crippen LogP contribution in [0.15, 0.2) is 30.6 Å². The van der Waals surface area contributed by atoms with Gasteiger partial charge in [0.1, 0.15) is 11.9 Å². The van der Waals surface area contributed by atoms with Crippen molar-refractivity contribution in [1.82, 2.24) is 30.0 Å². The van der Waals surface area contributed by atoms with Gasteiger partial charge in [-0.1, -0.05) is 12.1 Å². The zero-order valence-corrected chi connectivity index (χ0v) is 16.5. The highest BCUT2D eigenvalue weighted by Crippen LogP contribution is 2.28. The molecule has 0 spiro atoms. The molecule has 0 bridgehead atoms. The van der Waals surface area contributed by atoms with E-state index in [-0.39, 0.29) is 18.2 Å². The summed E-state index contributed by atoms with van der Waals surface area (Å²) in [5, 5.41) is 11.3. The first-order valence-corrected chi connectivity index (χ1v) is 9.56. The van der Waals surface area contributed by atoms with Gasteiger partial charge in [-0.25, -0.2) is 9.48 Å². The molecule has 1 aromatic heterocycles. The molecule has 1 amide bonds. The minimum Gasteiger partial charge on any atom is -0.444 e. The maximum Gasteiger partial charge on any atom is 0.410 e. The van der Waals surface area contributed by atoms with Gasteiger partial charge < -0.3 is 14.4 Å². The molecule has 2 atom stereocenters. The molecule has 2 unspecified atom stereocenters. The van der Waals surface area contributed by atoms with Gasteiger partial charge in [0.25, 0.3) is 0 Å². The number of carbonyl (C=O) groups is 1. The zero-order chi connectivity index (χ0) is 19.7. The van der Waals surface area contributed by atoms with Crippen LogP contribution in [0.25, 0.3) is 5.69 Å². The molecular formula is C19H26N6O3. The number of piperazine rings is 1. The van der Waals surface area contributed by atoms with Crippen molar-refractivity contribution in [1.29, 1.82) is 0 Å². The van der Waals surface area contributed by atoms with Crippen LogP contribution in [-0.4, -0.2) is 80.5 Å². The number of amides is 1. The van der Waals surface area contributed by atoms with E-state index in [0.717, 1.165) is 24.3 Å². The van der Waals surface area contributed by atoms with Crippen molar-refractivity contribution in [3.8, 4) is 5.69 Å². The van der Waals surface area contributed by atoms with E-state index >= 15 is 0 Å². The summed E-state index contributed by atoms with van der Waals surface area (Å²) < 4.78 is 13.3. The Morgan fingerprint density at radius 2 is 2.11 bits per heavy atom. The minimum atomic E-state index is -0.479. The second-order valence-electron chi connectivity index (χ2n) is 8.25. The number of rotatable bonds is 2. The van der Waals surface area contributed by atoms with Crippen molar-refractivity contribution in [2.75, 3.05) is 32.8 Å². The van der Waals surface area contributed by atoms with E-state index in [1.165, 1.54) is 0 Å². The molecule has 0 N–H and O–H groups in total. The number of hydrogen-bond acceptors (Lipinski definition) is 7. The number of ether oxygens (including phenoxy) is 2. The van der Waals surface area contributed by atoms with E-state index in [9.17, 15) is 4.79 Å². The lowest BCUT2D eigenvalue weighted by molar-refractivity contribution is -0.0906. The number of morpholine rings is 1. The minimum absolute atomic E-state index is 0.0132. The molecule has 0 radical (unpaired) electrons. The first-order valence-electron chi connectivity index (χ1n) is 9.56. The monoisotopic (exact) mass is 386 g/mol. The topological polar surface area (TPSA) is 85.6 Å². The van der Waals surface area contributed by atoms with E-state index in [4.69, 9.17) is 9.47 Å². The average Bonchev–Trinajstić information content (AvgIpc) is 3.21. The summed E-state index contributed by atoms with van der Waals surface area (Å²) in [5.74, 6) is 0. The van der Waals surface area contributed by atoms with Gasteiger partial charge in [-0.15, -0.1) is 5.10 Å². The summed E-state index contributed by atoms with van der Waals surface area (Å²) in [5.41, 5.74) is 1.52. The van der Waals surface area contributed by atoms with Gasteiger partial charge in [-0.2, -0.15) is 0 Å². The molecule has 2 saturated heterocycles. The molecule has 9 nitrogen and oxygen atoms in total. The van der Waals surface area contributed by atoms with Crippen LogP contribution in [0.1, 0.15) is 32.4 Å². The molecule has 1 aromatic carbocycles. The Labute approximate surface area is 164 Å². The Morgan fingerprint density at radius 3 is 2.86 bits per heavy atom. The van der Waals surface area contributed by atoms with Crippen molar-refractivity contribution in [2.24, 2.45) is 0 Å². The number of nitrogens with zero attached hydrogens (tertiary/aromatic N) is 6. The lowest BCUT2D eigenvalue weighted by Crippen LogP contribution is -2.59. The van der Waals surface area contributed by atoms with E-state index in [2.05, 4.69) is 32.6 Å². The lowest BCUT2D eigenvalue weighted by Gasteiger charge is -2.46. The van der Waals surface area contributed by atoms with Crippen LogP contribution in [-0.2, 0) is 9.47 Å². The largest absolute Gasteiger partial charge is 0.444 e. The normalized spacial score (nSPS) is 23.3. The quantitative estimate of drug-likeness (QED) is 0.776. The molecule has 150 valence electrons. The molecule has 4 rings (SSSR count). The van der Waals surface area contributed by atoms with Crippen LogP contribution >= 0.6 is 0 Å². The molecule has 2 aliphatic heterocycles. The third-order valence-corrected chi connectivity index (χ3v) is 5.00. The van der Waals surface area contributed by atoms with Crippen molar-refractivity contribution < 1.29 is 14.3 Å². The summed E-state index contributed by atoms with van der Waals surface area (Å²) in [6.45, 7) is 9.16. The fraction of sp³-hybridized carbons (Fsp3) is 0.579. The van der Waals surface area contributed by atoms with Crippen molar-refractivity contribution >= 4 is 6.09 Å². The van der Waals surface area contributed by atoms with Gasteiger partial charge >= 0.3 is 6.09 Å². The first-order chi connectivity index (χ1) is 13.4. The standard InChI is InChI=1S/C19H26N6O3/c1-19(2,3)28-18(26)24-8-7-23-11-17(27-12-16(23)10-24)14-5-4-6-15(9-14)25-13-20-21-22-25/h4-6,9,13,16-17H,7-8,10-12H2,1-3H3. The predicted octanol–water partition coefficient (Wildman–Crippen LogP) is 1.65. The maximum absolute atomic E-state index is 12.3. The van der Waals surface area contributed by atoms with E-state index in [1.807, 2.05) is 32.9 Å². The number of aromatic nitrogens is 4. The number of tetrazole rings is 1. The number of fused-ring (bicyclic) bond motifs is 1. The van der Waals surface area contributed by atoms with E-state index < -0.39 is 5.60 Å². The summed E-state index contributed by atoms with van der Waals surface area (Å²) in [4.78, 5) is 16.5. The Bertz CT molecular complexity index is 819. The second-order valence-corrected chi connectivity index (χ2v) is 8.25. The summed E-state index contributed by atoms with van der Waals surface area (Å²) >= 11 is 0. The predicted molar refractivity (Wildman–Crippen MR) is 101 cm³/mol. The highest BCUT2D eigenvalue weighted by Gasteiger charge is 2.36. The van der Waals surface area contributed by atoms with Crippen LogP contribution in [0.4, 0.5) is 4.79 Å². The van der Waals surface area contributed by atoms with Gasteiger partial charge in [0.15, 0.2) is 0 Å². The summed E-state index contributed by atoms with van der Waals surface area (Å²) in [6, 6.07) is 8.27. The third kappa shape index (κ3) is 4.15. The second kappa shape index (κ2) is 7.48. The van der Waals surface area contributed by atoms with Gasteiger partial charge in [-0.3, -0.25) is 4.90 Å². The third-order valence-electron chi connectivity index (χ3n) is 5.00. The van der Waals surface area contributed by atoms with E-state index in [1.54, 1.807) is 15.9 Å².